The molecule has 0 aliphatic rings. The lowest BCUT2D eigenvalue weighted by Gasteiger charge is -2.23. The van der Waals surface area contributed by atoms with Crippen molar-refractivity contribution in [2.24, 2.45) is 0 Å². The van der Waals surface area contributed by atoms with Gasteiger partial charge in [0.15, 0.2) is 0 Å². The molecule has 1 aromatic carbocycles. The first-order chi connectivity index (χ1) is 13.1. The van der Waals surface area contributed by atoms with Crippen LogP contribution in [0.4, 0.5) is 4.39 Å². The van der Waals surface area contributed by atoms with E-state index >= 15 is 0 Å². The van der Waals surface area contributed by atoms with Crippen molar-refractivity contribution in [3.63, 3.8) is 0 Å². The maximum atomic E-state index is 14.0. The molecule has 2 N–H and O–H groups in total. The summed E-state index contributed by atoms with van der Waals surface area (Å²) in [4.78, 5) is 1.15. The van der Waals surface area contributed by atoms with Gasteiger partial charge in [0.05, 0.1) is 25.5 Å². The minimum absolute atomic E-state index is 0.190. The second-order valence-corrected chi connectivity index (χ2v) is 6.47. The average molecular weight is 375 g/mol. The van der Waals surface area contributed by atoms with E-state index in [2.05, 4.69) is 5.92 Å². The highest BCUT2D eigenvalue weighted by Crippen LogP contribution is 2.11. The third-order valence-corrected chi connectivity index (χ3v) is 4.33. The Kier molecular flexibility index (Phi) is 9.02. The van der Waals surface area contributed by atoms with Crippen molar-refractivity contribution in [2.45, 2.75) is 19.2 Å². The molecular formula is C21H28FN2O3+. The number of halogens is 1. The number of hydrogen-bond donors (Lipinski definition) is 2. The number of hydrogen-bond acceptors (Lipinski definition) is 3. The summed E-state index contributed by atoms with van der Waals surface area (Å²) in [5.74, 6) is 2.18. The molecule has 2 rings (SSSR count). The molecule has 0 amide bonds. The van der Waals surface area contributed by atoms with Gasteiger partial charge in [-0.25, -0.2) is 4.39 Å². The van der Waals surface area contributed by atoms with Gasteiger partial charge in [0.1, 0.15) is 38.2 Å². The van der Waals surface area contributed by atoms with Crippen LogP contribution in [0.1, 0.15) is 11.3 Å². The second kappa shape index (κ2) is 11.5. The summed E-state index contributed by atoms with van der Waals surface area (Å²) in [7, 11) is 1.66. The number of terminal acetylenes is 1. The van der Waals surface area contributed by atoms with Crippen molar-refractivity contribution in [2.75, 3.05) is 40.0 Å². The van der Waals surface area contributed by atoms with Gasteiger partial charge in [0.2, 0.25) is 0 Å². The van der Waals surface area contributed by atoms with Gasteiger partial charge in [-0.15, -0.1) is 6.42 Å². The number of aliphatic hydroxyl groups is 1. The summed E-state index contributed by atoms with van der Waals surface area (Å²) in [6.07, 6.45) is 6.49. The Morgan fingerprint density at radius 3 is 2.85 bits per heavy atom. The highest BCUT2D eigenvalue weighted by atomic mass is 19.1. The molecule has 0 saturated carbocycles. The van der Waals surface area contributed by atoms with E-state index in [0.717, 1.165) is 17.1 Å². The Bertz CT molecular complexity index is 726. The number of rotatable bonds is 12. The quantitative estimate of drug-likeness (QED) is 0.425. The zero-order valence-corrected chi connectivity index (χ0v) is 15.7. The number of ether oxygens (including phenoxy) is 2. The minimum Gasteiger partial charge on any atom is -0.385 e. The van der Waals surface area contributed by atoms with Crippen molar-refractivity contribution in [3.05, 3.63) is 59.7 Å². The predicted molar refractivity (Wildman–Crippen MR) is 102 cm³/mol. The molecule has 0 bridgehead atoms. The highest BCUT2D eigenvalue weighted by molar-refractivity contribution is 5.19. The van der Waals surface area contributed by atoms with E-state index < -0.39 is 6.10 Å². The molecule has 2 atom stereocenters. The summed E-state index contributed by atoms with van der Waals surface area (Å²) < 4.78 is 26.4. The molecule has 1 unspecified atom stereocenters. The van der Waals surface area contributed by atoms with Crippen molar-refractivity contribution < 1.29 is 23.9 Å². The van der Waals surface area contributed by atoms with E-state index in [-0.39, 0.29) is 19.0 Å². The molecule has 1 aromatic heterocycles. The van der Waals surface area contributed by atoms with E-state index in [1.165, 1.54) is 6.07 Å². The SMILES string of the molecule is C#CCOC[C@@H](O)C[NH+](CCOC)Cc1cccn1Cc1ccccc1F. The molecule has 0 aliphatic carbocycles. The number of nitrogens with zero attached hydrogens (tertiary/aromatic N) is 1. The fourth-order valence-corrected chi connectivity index (χ4v) is 2.99. The fraction of sp³-hybridized carbons (Fsp3) is 0.429. The molecule has 0 saturated heterocycles. The Balaban J connectivity index is 2.01. The van der Waals surface area contributed by atoms with Crippen LogP contribution in [-0.2, 0) is 22.6 Å². The van der Waals surface area contributed by atoms with Crippen LogP contribution in [0.2, 0.25) is 0 Å². The molecule has 0 radical (unpaired) electrons. The Labute approximate surface area is 160 Å². The smallest absolute Gasteiger partial charge is 0.128 e. The topological polar surface area (TPSA) is 48.1 Å². The lowest BCUT2D eigenvalue weighted by Crippen LogP contribution is -3.12. The highest BCUT2D eigenvalue weighted by Gasteiger charge is 2.18. The molecule has 27 heavy (non-hydrogen) atoms. The Hall–Kier alpha value is -2.17. The lowest BCUT2D eigenvalue weighted by atomic mass is 10.2. The molecule has 1 heterocycles. The summed E-state index contributed by atoms with van der Waals surface area (Å²) in [5.41, 5.74) is 1.72. The van der Waals surface area contributed by atoms with Crippen LogP contribution in [0, 0.1) is 18.2 Å². The first-order valence-corrected chi connectivity index (χ1v) is 9.03. The van der Waals surface area contributed by atoms with Crippen LogP contribution in [-0.4, -0.2) is 55.8 Å². The Morgan fingerprint density at radius 2 is 2.11 bits per heavy atom. The van der Waals surface area contributed by atoms with Gasteiger partial charge in [0.25, 0.3) is 0 Å². The van der Waals surface area contributed by atoms with Crippen molar-refractivity contribution in [1.82, 2.24) is 4.57 Å². The van der Waals surface area contributed by atoms with Gasteiger partial charge in [0, 0.05) is 18.9 Å². The number of methoxy groups -OCH3 is 1. The summed E-state index contributed by atoms with van der Waals surface area (Å²) in [6, 6.07) is 10.8. The number of aliphatic hydroxyl groups excluding tert-OH is 1. The van der Waals surface area contributed by atoms with Crippen LogP contribution in [0.5, 0.6) is 0 Å². The van der Waals surface area contributed by atoms with Gasteiger partial charge in [-0.1, -0.05) is 24.1 Å². The largest absolute Gasteiger partial charge is 0.385 e. The normalized spacial score (nSPS) is 13.3. The number of quaternary nitrogens is 1. The van der Waals surface area contributed by atoms with E-state index in [9.17, 15) is 9.50 Å². The predicted octanol–water partition coefficient (Wildman–Crippen LogP) is 0.718. The first kappa shape index (κ1) is 21.1. The van der Waals surface area contributed by atoms with E-state index in [0.29, 0.717) is 31.8 Å². The number of benzene rings is 1. The van der Waals surface area contributed by atoms with Gasteiger partial charge in [-0.05, 0) is 18.2 Å². The van der Waals surface area contributed by atoms with Crippen LogP contribution >= 0.6 is 0 Å². The standard InChI is InChI=1S/C21H27FN2O3/c1-3-12-27-17-20(25)16-23(11-13-26-2)15-19-8-6-10-24(19)14-18-7-4-5-9-21(18)22/h1,4-10,20,25H,11-17H2,2H3/p+1/t20-/m0/s1. The monoisotopic (exact) mass is 375 g/mol. The van der Waals surface area contributed by atoms with Crippen LogP contribution in [0.15, 0.2) is 42.6 Å². The minimum atomic E-state index is -0.611. The molecule has 0 aliphatic heterocycles. The van der Waals surface area contributed by atoms with Crippen molar-refractivity contribution >= 4 is 0 Å². The van der Waals surface area contributed by atoms with E-state index in [1.54, 1.807) is 19.2 Å². The molecule has 0 spiro atoms. The molecule has 6 heteroatoms. The third kappa shape index (κ3) is 7.16. The summed E-state index contributed by atoms with van der Waals surface area (Å²) >= 11 is 0. The van der Waals surface area contributed by atoms with Crippen molar-refractivity contribution in [3.8, 4) is 12.3 Å². The zero-order valence-electron chi connectivity index (χ0n) is 15.7. The molecule has 146 valence electrons. The lowest BCUT2D eigenvalue weighted by molar-refractivity contribution is -0.917. The summed E-state index contributed by atoms with van der Waals surface area (Å²) in [5, 5.41) is 10.2. The Morgan fingerprint density at radius 1 is 1.30 bits per heavy atom. The third-order valence-electron chi connectivity index (χ3n) is 4.33. The molecule has 0 fully saturated rings. The van der Waals surface area contributed by atoms with Crippen molar-refractivity contribution in [1.29, 1.82) is 0 Å². The first-order valence-electron chi connectivity index (χ1n) is 9.03. The number of nitrogens with one attached hydrogen (secondary N) is 1. The van der Waals surface area contributed by atoms with Gasteiger partial charge < -0.3 is 24.0 Å². The van der Waals surface area contributed by atoms with Gasteiger partial charge in [-0.3, -0.25) is 0 Å². The molecule has 2 aromatic rings. The van der Waals surface area contributed by atoms with Crippen LogP contribution in [0.25, 0.3) is 0 Å². The fourth-order valence-electron chi connectivity index (χ4n) is 2.99. The number of aromatic nitrogens is 1. The zero-order chi connectivity index (χ0) is 19.5. The van der Waals surface area contributed by atoms with Gasteiger partial charge in [-0.2, -0.15) is 0 Å². The van der Waals surface area contributed by atoms with E-state index in [4.69, 9.17) is 15.9 Å². The maximum absolute atomic E-state index is 14.0. The molecular weight excluding hydrogens is 347 g/mol. The molecule has 5 nitrogen and oxygen atoms in total. The maximum Gasteiger partial charge on any atom is 0.128 e. The van der Waals surface area contributed by atoms with E-state index in [1.807, 2.05) is 29.0 Å². The average Bonchev–Trinajstić information content (AvgIpc) is 3.08. The second-order valence-electron chi connectivity index (χ2n) is 6.47. The van der Waals surface area contributed by atoms with Gasteiger partial charge >= 0.3 is 0 Å². The summed E-state index contributed by atoms with van der Waals surface area (Å²) in [6.45, 7) is 3.40. The van der Waals surface area contributed by atoms with Crippen LogP contribution in [0.3, 0.4) is 0 Å². The van der Waals surface area contributed by atoms with Crippen LogP contribution < -0.4 is 4.90 Å².